The summed E-state index contributed by atoms with van der Waals surface area (Å²) < 4.78 is 0. The number of hydrazine groups is 1. The number of hydrogen-bond donors (Lipinski definition) is 2. The zero-order valence-electron chi connectivity index (χ0n) is 14.4. The van der Waals surface area contributed by atoms with Gasteiger partial charge in [0, 0.05) is 24.5 Å². The molecule has 122 valence electrons. The summed E-state index contributed by atoms with van der Waals surface area (Å²) in [4.78, 5) is 12.4. The summed E-state index contributed by atoms with van der Waals surface area (Å²) in [7, 11) is 1.71. The molecule has 1 amide bonds. The summed E-state index contributed by atoms with van der Waals surface area (Å²) in [5, 5.41) is 4.44. The molecule has 0 heterocycles. The molecule has 0 bridgehead atoms. The first kappa shape index (κ1) is 18.2. The van der Waals surface area contributed by atoms with Crippen LogP contribution in [0.15, 0.2) is 36.0 Å². The molecule has 1 rings (SSSR count). The maximum atomic E-state index is 12.4. The predicted octanol–water partition coefficient (Wildman–Crippen LogP) is 3.87. The van der Waals surface area contributed by atoms with Crippen molar-refractivity contribution < 1.29 is 4.79 Å². The minimum atomic E-state index is -0.0935. The van der Waals surface area contributed by atoms with Crippen LogP contribution in [-0.4, -0.2) is 18.0 Å². The third kappa shape index (κ3) is 5.53. The molecular formula is C18H29N3O. The number of hydrogen-bond acceptors (Lipinski definition) is 3. The molecule has 0 saturated heterocycles. The van der Waals surface area contributed by atoms with E-state index in [2.05, 4.69) is 32.2 Å². The molecular weight excluding hydrogens is 274 g/mol. The van der Waals surface area contributed by atoms with Gasteiger partial charge in [0.05, 0.1) is 0 Å². The summed E-state index contributed by atoms with van der Waals surface area (Å²) in [6.45, 7) is 8.58. The summed E-state index contributed by atoms with van der Waals surface area (Å²) in [5.74, 6) is 6.54. The fourth-order valence-electron chi connectivity index (χ4n) is 2.63. The highest BCUT2D eigenvalue weighted by Crippen LogP contribution is 2.29. The van der Waals surface area contributed by atoms with Crippen molar-refractivity contribution in [3.8, 4) is 0 Å². The SMILES string of the molecule is CC/C(=C\N(C)N)C(=O)Nc1ccccc1C(C)CC(C)C. The minimum absolute atomic E-state index is 0.0935. The van der Waals surface area contributed by atoms with Gasteiger partial charge < -0.3 is 10.3 Å². The first-order valence-corrected chi connectivity index (χ1v) is 7.93. The van der Waals surface area contributed by atoms with E-state index in [9.17, 15) is 4.79 Å². The number of rotatable bonds is 7. The Morgan fingerprint density at radius 2 is 1.95 bits per heavy atom. The Morgan fingerprint density at radius 3 is 2.50 bits per heavy atom. The molecule has 1 aromatic rings. The normalized spacial score (nSPS) is 13.1. The van der Waals surface area contributed by atoms with Gasteiger partial charge in [-0.1, -0.05) is 45.9 Å². The number of nitrogens with one attached hydrogen (secondary N) is 1. The lowest BCUT2D eigenvalue weighted by Crippen LogP contribution is -2.23. The molecule has 0 aliphatic rings. The van der Waals surface area contributed by atoms with Gasteiger partial charge in [-0.25, -0.2) is 5.84 Å². The summed E-state index contributed by atoms with van der Waals surface area (Å²) >= 11 is 0. The van der Waals surface area contributed by atoms with Crippen LogP contribution in [-0.2, 0) is 4.79 Å². The third-order valence-corrected chi connectivity index (χ3v) is 3.60. The molecule has 0 radical (unpaired) electrons. The fourth-order valence-corrected chi connectivity index (χ4v) is 2.63. The number of benzene rings is 1. The average Bonchev–Trinajstić information content (AvgIpc) is 2.44. The second-order valence-electron chi connectivity index (χ2n) is 6.25. The highest BCUT2D eigenvalue weighted by molar-refractivity contribution is 6.04. The lowest BCUT2D eigenvalue weighted by molar-refractivity contribution is -0.113. The summed E-state index contributed by atoms with van der Waals surface area (Å²) in [6.07, 6.45) is 3.39. The quantitative estimate of drug-likeness (QED) is 0.456. The Kier molecular flexibility index (Phi) is 7.12. The van der Waals surface area contributed by atoms with Crippen molar-refractivity contribution in [2.24, 2.45) is 11.8 Å². The van der Waals surface area contributed by atoms with E-state index in [0.29, 0.717) is 23.8 Å². The minimum Gasteiger partial charge on any atom is -0.322 e. The third-order valence-electron chi connectivity index (χ3n) is 3.60. The van der Waals surface area contributed by atoms with Gasteiger partial charge in [0.15, 0.2) is 0 Å². The number of nitrogens with zero attached hydrogens (tertiary/aromatic N) is 1. The predicted molar refractivity (Wildman–Crippen MR) is 93.3 cm³/mol. The maximum Gasteiger partial charge on any atom is 0.253 e. The van der Waals surface area contributed by atoms with Gasteiger partial charge in [0.1, 0.15) is 0 Å². The highest BCUT2D eigenvalue weighted by atomic mass is 16.1. The largest absolute Gasteiger partial charge is 0.322 e. The molecule has 1 atom stereocenters. The Hall–Kier alpha value is -1.81. The topological polar surface area (TPSA) is 58.4 Å². The Morgan fingerprint density at radius 1 is 1.32 bits per heavy atom. The Balaban J connectivity index is 2.96. The standard InChI is InChI=1S/C18H29N3O/c1-6-15(12-21(5)19)18(22)20-17-10-8-7-9-16(17)14(4)11-13(2)3/h7-10,12-14H,6,11,19H2,1-5H3,(H,20,22)/b15-12+. The van der Waals surface area contributed by atoms with Gasteiger partial charge in [-0.2, -0.15) is 0 Å². The first-order chi connectivity index (χ1) is 10.3. The van der Waals surface area contributed by atoms with Crippen LogP contribution in [0.25, 0.3) is 0 Å². The molecule has 0 aliphatic carbocycles. The monoisotopic (exact) mass is 303 g/mol. The zero-order chi connectivity index (χ0) is 16.7. The van der Waals surface area contributed by atoms with E-state index in [1.165, 1.54) is 10.6 Å². The second-order valence-corrected chi connectivity index (χ2v) is 6.25. The van der Waals surface area contributed by atoms with Crippen molar-refractivity contribution >= 4 is 11.6 Å². The molecule has 4 nitrogen and oxygen atoms in total. The van der Waals surface area contributed by atoms with E-state index in [1.807, 2.05) is 25.1 Å². The summed E-state index contributed by atoms with van der Waals surface area (Å²) in [6, 6.07) is 8.02. The molecule has 0 aromatic heterocycles. The second kappa shape index (κ2) is 8.59. The molecule has 4 heteroatoms. The first-order valence-electron chi connectivity index (χ1n) is 7.93. The molecule has 0 aliphatic heterocycles. The molecule has 1 unspecified atom stereocenters. The van der Waals surface area contributed by atoms with E-state index >= 15 is 0 Å². The van der Waals surface area contributed by atoms with Gasteiger partial charge in [-0.05, 0) is 36.3 Å². The Bertz CT molecular complexity index is 521. The number of anilines is 1. The van der Waals surface area contributed by atoms with Crippen molar-refractivity contribution in [3.05, 3.63) is 41.6 Å². The van der Waals surface area contributed by atoms with Gasteiger partial charge >= 0.3 is 0 Å². The van der Waals surface area contributed by atoms with Crippen LogP contribution < -0.4 is 11.2 Å². The van der Waals surface area contributed by atoms with Crippen LogP contribution >= 0.6 is 0 Å². The number of nitrogens with two attached hydrogens (primary N) is 1. The van der Waals surface area contributed by atoms with Crippen molar-refractivity contribution in [3.63, 3.8) is 0 Å². The van der Waals surface area contributed by atoms with Gasteiger partial charge in [-0.15, -0.1) is 0 Å². The van der Waals surface area contributed by atoms with Crippen LogP contribution in [0.3, 0.4) is 0 Å². The summed E-state index contributed by atoms with van der Waals surface area (Å²) in [5.41, 5.74) is 2.73. The maximum absolute atomic E-state index is 12.4. The molecule has 0 spiro atoms. The molecule has 0 saturated carbocycles. The number of carbonyl (C=O) groups is 1. The molecule has 0 fully saturated rings. The fraction of sp³-hybridized carbons (Fsp3) is 0.500. The van der Waals surface area contributed by atoms with Crippen LogP contribution in [0.2, 0.25) is 0 Å². The number of carbonyl (C=O) groups excluding carboxylic acids is 1. The van der Waals surface area contributed by atoms with E-state index in [1.54, 1.807) is 13.2 Å². The van der Waals surface area contributed by atoms with Crippen molar-refractivity contribution in [1.29, 1.82) is 0 Å². The lowest BCUT2D eigenvalue weighted by atomic mass is 9.91. The van der Waals surface area contributed by atoms with Crippen LogP contribution in [0, 0.1) is 5.92 Å². The van der Waals surface area contributed by atoms with E-state index < -0.39 is 0 Å². The highest BCUT2D eigenvalue weighted by Gasteiger charge is 2.15. The van der Waals surface area contributed by atoms with Crippen molar-refractivity contribution in [2.75, 3.05) is 12.4 Å². The smallest absolute Gasteiger partial charge is 0.253 e. The average molecular weight is 303 g/mol. The Labute approximate surface area is 134 Å². The van der Waals surface area contributed by atoms with Crippen molar-refractivity contribution in [2.45, 2.75) is 46.5 Å². The van der Waals surface area contributed by atoms with Gasteiger partial charge in [-0.3, -0.25) is 4.79 Å². The zero-order valence-corrected chi connectivity index (χ0v) is 14.4. The molecule has 3 N–H and O–H groups in total. The van der Waals surface area contributed by atoms with Crippen LogP contribution in [0.5, 0.6) is 0 Å². The van der Waals surface area contributed by atoms with E-state index in [0.717, 1.165) is 12.1 Å². The van der Waals surface area contributed by atoms with Gasteiger partial charge in [0.2, 0.25) is 0 Å². The van der Waals surface area contributed by atoms with Crippen LogP contribution in [0.1, 0.15) is 52.0 Å². The van der Waals surface area contributed by atoms with E-state index in [-0.39, 0.29) is 5.91 Å². The molecule has 22 heavy (non-hydrogen) atoms. The van der Waals surface area contributed by atoms with Crippen molar-refractivity contribution in [1.82, 2.24) is 5.01 Å². The molecule has 1 aromatic carbocycles. The number of para-hydroxylation sites is 1. The number of amides is 1. The van der Waals surface area contributed by atoms with Crippen LogP contribution in [0.4, 0.5) is 5.69 Å². The lowest BCUT2D eigenvalue weighted by Gasteiger charge is -2.19. The van der Waals surface area contributed by atoms with Gasteiger partial charge in [0.25, 0.3) is 5.91 Å². The van der Waals surface area contributed by atoms with E-state index in [4.69, 9.17) is 5.84 Å².